The van der Waals surface area contributed by atoms with Crippen LogP contribution in [0.15, 0.2) is 84.4 Å². The molecule has 0 bridgehead atoms. The normalized spacial score (nSPS) is 13.2. The summed E-state index contributed by atoms with van der Waals surface area (Å²) in [4.78, 5) is 13.1. The molecule has 0 saturated carbocycles. The van der Waals surface area contributed by atoms with Crippen molar-refractivity contribution >= 4 is 12.0 Å². The smallest absolute Gasteiger partial charge is 0.314 e. The fourth-order valence-corrected chi connectivity index (χ4v) is 3.62. The summed E-state index contributed by atoms with van der Waals surface area (Å²) in [6, 6.07) is 24.5. The maximum absolute atomic E-state index is 14.3. The topological polar surface area (TPSA) is 59.3 Å². The van der Waals surface area contributed by atoms with E-state index in [1.54, 1.807) is 24.3 Å². The largest absolute Gasteiger partial charge is 0.454 e. The summed E-state index contributed by atoms with van der Waals surface area (Å²) in [6.07, 6.45) is 0.749. The van der Waals surface area contributed by atoms with Gasteiger partial charge in [-0.2, -0.15) is 5.26 Å². The lowest BCUT2D eigenvalue weighted by atomic mass is 9.88. The number of ether oxygens (including phenoxy) is 2. The van der Waals surface area contributed by atoms with Gasteiger partial charge in [0.05, 0.1) is 5.92 Å². The van der Waals surface area contributed by atoms with Gasteiger partial charge in [0, 0.05) is 5.56 Å². The van der Waals surface area contributed by atoms with Crippen molar-refractivity contribution in [2.45, 2.75) is 26.9 Å². The Morgan fingerprint density at radius 1 is 1.00 bits per heavy atom. The Balaban J connectivity index is 1.81. The van der Waals surface area contributed by atoms with E-state index in [2.05, 4.69) is 0 Å². The van der Waals surface area contributed by atoms with E-state index in [0.29, 0.717) is 11.3 Å². The van der Waals surface area contributed by atoms with Crippen LogP contribution in [-0.4, -0.2) is 5.97 Å². The second kappa shape index (κ2) is 11.1. The first-order valence-electron chi connectivity index (χ1n) is 10.7. The fraction of sp³-hybridized carbons (Fsp3) is 0.214. The Kier molecular flexibility index (Phi) is 7.99. The monoisotopic (exact) mass is 443 g/mol. The molecule has 0 aliphatic carbocycles. The molecule has 5 heteroatoms. The molecule has 4 nitrogen and oxygen atoms in total. The van der Waals surface area contributed by atoms with Crippen LogP contribution in [-0.2, 0) is 9.53 Å². The van der Waals surface area contributed by atoms with Crippen molar-refractivity contribution in [3.63, 3.8) is 0 Å². The van der Waals surface area contributed by atoms with E-state index in [1.807, 2.05) is 69.3 Å². The molecular formula is C28H26FNO3. The summed E-state index contributed by atoms with van der Waals surface area (Å²) in [6.45, 7) is 5.74. The average molecular weight is 444 g/mol. The van der Waals surface area contributed by atoms with Gasteiger partial charge in [0.15, 0.2) is 11.6 Å². The van der Waals surface area contributed by atoms with Crippen molar-refractivity contribution in [2.75, 3.05) is 0 Å². The summed E-state index contributed by atoms with van der Waals surface area (Å²) >= 11 is 0. The fourth-order valence-electron chi connectivity index (χ4n) is 3.62. The molecule has 33 heavy (non-hydrogen) atoms. The third-order valence-electron chi connectivity index (χ3n) is 5.19. The maximum atomic E-state index is 14.3. The van der Waals surface area contributed by atoms with Gasteiger partial charge in [0.1, 0.15) is 11.8 Å². The Hall–Kier alpha value is -3.91. The molecule has 0 saturated heterocycles. The zero-order valence-electron chi connectivity index (χ0n) is 18.9. The molecule has 0 aliphatic heterocycles. The highest BCUT2D eigenvalue weighted by molar-refractivity contribution is 5.78. The number of para-hydroxylation sites is 1. The first-order chi connectivity index (χ1) is 15.9. The van der Waals surface area contributed by atoms with E-state index < -0.39 is 23.8 Å². The zero-order valence-corrected chi connectivity index (χ0v) is 18.9. The number of carbonyl (C=O) groups is 1. The van der Waals surface area contributed by atoms with Crippen molar-refractivity contribution < 1.29 is 18.7 Å². The van der Waals surface area contributed by atoms with Gasteiger partial charge in [-0.15, -0.1) is 0 Å². The molecule has 2 atom stereocenters. The van der Waals surface area contributed by atoms with Crippen molar-refractivity contribution in [1.82, 2.24) is 0 Å². The van der Waals surface area contributed by atoms with Crippen LogP contribution in [0.25, 0.3) is 6.08 Å². The lowest BCUT2D eigenvalue weighted by molar-refractivity contribution is -0.151. The lowest BCUT2D eigenvalue weighted by Gasteiger charge is -2.22. The van der Waals surface area contributed by atoms with E-state index in [-0.39, 0.29) is 11.7 Å². The van der Waals surface area contributed by atoms with Gasteiger partial charge in [-0.05, 0) is 42.7 Å². The Morgan fingerprint density at radius 2 is 1.64 bits per heavy atom. The van der Waals surface area contributed by atoms with Crippen molar-refractivity contribution in [3.05, 3.63) is 101 Å². The number of carbonyl (C=O) groups excluding carboxylic acids is 1. The van der Waals surface area contributed by atoms with Crippen LogP contribution >= 0.6 is 0 Å². The summed E-state index contributed by atoms with van der Waals surface area (Å²) in [5, 5.41) is 9.70. The number of rotatable bonds is 8. The maximum Gasteiger partial charge on any atom is 0.314 e. The SMILES string of the molecule is CC(=Cc1ccccc1)C(C(=O)OC(C#N)c1ccc(F)c(Oc2ccccc2)c1)C(C)C. The average Bonchev–Trinajstić information content (AvgIpc) is 2.80. The van der Waals surface area contributed by atoms with E-state index in [0.717, 1.165) is 11.1 Å². The molecule has 0 spiro atoms. The van der Waals surface area contributed by atoms with Crippen LogP contribution in [0.1, 0.15) is 38.0 Å². The van der Waals surface area contributed by atoms with Gasteiger partial charge in [-0.25, -0.2) is 4.39 Å². The first-order valence-corrected chi connectivity index (χ1v) is 10.7. The third kappa shape index (κ3) is 6.30. The van der Waals surface area contributed by atoms with E-state index in [9.17, 15) is 14.4 Å². The summed E-state index contributed by atoms with van der Waals surface area (Å²) in [5.41, 5.74) is 2.15. The molecule has 0 aromatic heterocycles. The highest BCUT2D eigenvalue weighted by Gasteiger charge is 2.29. The first kappa shape index (κ1) is 23.7. The molecule has 0 aliphatic rings. The lowest BCUT2D eigenvalue weighted by Crippen LogP contribution is -2.25. The van der Waals surface area contributed by atoms with Gasteiger partial charge in [0.25, 0.3) is 0 Å². The van der Waals surface area contributed by atoms with Gasteiger partial charge in [0.2, 0.25) is 6.10 Å². The summed E-state index contributed by atoms with van der Waals surface area (Å²) in [7, 11) is 0. The zero-order chi connectivity index (χ0) is 23.8. The molecule has 0 N–H and O–H groups in total. The number of nitriles is 1. The second-order valence-corrected chi connectivity index (χ2v) is 8.07. The molecule has 0 radical (unpaired) electrons. The minimum Gasteiger partial charge on any atom is -0.454 e. The highest BCUT2D eigenvalue weighted by atomic mass is 19.1. The predicted molar refractivity (Wildman–Crippen MR) is 126 cm³/mol. The quantitative estimate of drug-likeness (QED) is 0.348. The molecular weight excluding hydrogens is 417 g/mol. The van der Waals surface area contributed by atoms with Crippen molar-refractivity contribution in [3.8, 4) is 17.6 Å². The molecule has 0 fully saturated rings. The van der Waals surface area contributed by atoms with Gasteiger partial charge < -0.3 is 9.47 Å². The highest BCUT2D eigenvalue weighted by Crippen LogP contribution is 2.31. The molecule has 3 aromatic rings. The number of esters is 1. The Labute approximate surface area is 193 Å². The standard InChI is InChI=1S/C28H26FNO3/c1-19(2)27(20(3)16-21-10-6-4-7-11-21)28(31)33-26(18-30)22-14-15-24(29)25(17-22)32-23-12-8-5-9-13-23/h4-17,19,26-27H,1-3H3. The summed E-state index contributed by atoms with van der Waals surface area (Å²) < 4.78 is 25.5. The van der Waals surface area contributed by atoms with E-state index >= 15 is 0 Å². The number of hydrogen-bond donors (Lipinski definition) is 0. The van der Waals surface area contributed by atoms with Crippen LogP contribution in [0, 0.1) is 29.0 Å². The van der Waals surface area contributed by atoms with Gasteiger partial charge >= 0.3 is 5.97 Å². The number of nitrogens with zero attached hydrogens (tertiary/aromatic N) is 1. The molecule has 3 aromatic carbocycles. The second-order valence-electron chi connectivity index (χ2n) is 8.07. The Morgan fingerprint density at radius 3 is 2.24 bits per heavy atom. The van der Waals surface area contributed by atoms with Crippen molar-refractivity contribution in [2.24, 2.45) is 11.8 Å². The summed E-state index contributed by atoms with van der Waals surface area (Å²) in [5.74, 6) is -1.23. The number of halogens is 1. The molecule has 168 valence electrons. The molecule has 2 unspecified atom stereocenters. The molecule has 0 amide bonds. The van der Waals surface area contributed by atoms with Crippen LogP contribution < -0.4 is 4.74 Å². The third-order valence-corrected chi connectivity index (χ3v) is 5.19. The van der Waals surface area contributed by atoms with Gasteiger partial charge in [-0.1, -0.05) is 80.1 Å². The number of benzene rings is 3. The Bertz CT molecular complexity index is 1150. The van der Waals surface area contributed by atoms with Crippen molar-refractivity contribution in [1.29, 1.82) is 5.26 Å². The van der Waals surface area contributed by atoms with Crippen LogP contribution in [0.5, 0.6) is 11.5 Å². The van der Waals surface area contributed by atoms with Crippen LogP contribution in [0.3, 0.4) is 0 Å². The number of hydrogen-bond acceptors (Lipinski definition) is 4. The molecule has 3 rings (SSSR count). The van der Waals surface area contributed by atoms with Crippen LogP contribution in [0.4, 0.5) is 4.39 Å². The predicted octanol–water partition coefficient (Wildman–Crippen LogP) is 7.10. The molecule has 0 heterocycles. The minimum absolute atomic E-state index is 0.0398. The van der Waals surface area contributed by atoms with Gasteiger partial charge in [-0.3, -0.25) is 4.79 Å². The van der Waals surface area contributed by atoms with Crippen LogP contribution in [0.2, 0.25) is 0 Å². The minimum atomic E-state index is -1.19. The van der Waals surface area contributed by atoms with E-state index in [1.165, 1.54) is 18.2 Å². The van der Waals surface area contributed by atoms with E-state index in [4.69, 9.17) is 9.47 Å².